The highest BCUT2D eigenvalue weighted by molar-refractivity contribution is 5.88. The quantitative estimate of drug-likeness (QED) is 0.426. The molecule has 6 heteroatoms. The molecule has 1 aliphatic heterocycles. The minimum atomic E-state index is -0.322. The highest BCUT2D eigenvalue weighted by atomic mass is 16.5. The highest BCUT2D eigenvalue weighted by Crippen LogP contribution is 2.33. The van der Waals surface area contributed by atoms with Gasteiger partial charge in [-0.25, -0.2) is 0 Å². The third-order valence-corrected chi connectivity index (χ3v) is 6.08. The molecule has 0 radical (unpaired) electrons. The van der Waals surface area contributed by atoms with Gasteiger partial charge in [0.2, 0.25) is 11.8 Å². The number of likely N-dealkylation sites (tertiary alicyclic amines) is 1. The van der Waals surface area contributed by atoms with Gasteiger partial charge in [0, 0.05) is 25.1 Å². The number of aromatic nitrogens is 2. The zero-order chi connectivity index (χ0) is 22.6. The van der Waals surface area contributed by atoms with E-state index in [0.717, 1.165) is 22.4 Å². The third-order valence-electron chi connectivity index (χ3n) is 6.08. The van der Waals surface area contributed by atoms with Gasteiger partial charge in [-0.2, -0.15) is 4.98 Å². The molecule has 0 bridgehead atoms. The number of benzene rings is 3. The Bertz CT molecular complexity index is 1180. The third kappa shape index (κ3) is 4.37. The summed E-state index contributed by atoms with van der Waals surface area (Å²) in [6, 6.07) is 27.7. The summed E-state index contributed by atoms with van der Waals surface area (Å²) < 4.78 is 10.9. The molecule has 0 aliphatic carbocycles. The van der Waals surface area contributed by atoms with Crippen molar-refractivity contribution in [3.8, 4) is 5.75 Å². The number of hydrogen-bond donors (Lipinski definition) is 0. The van der Waals surface area contributed by atoms with Gasteiger partial charge in [-0.05, 0) is 17.2 Å². The van der Waals surface area contributed by atoms with Crippen molar-refractivity contribution in [2.75, 3.05) is 20.2 Å². The van der Waals surface area contributed by atoms with Gasteiger partial charge in [0.25, 0.3) is 0 Å². The summed E-state index contributed by atoms with van der Waals surface area (Å²) in [5.74, 6) is 1.83. The van der Waals surface area contributed by atoms with Crippen molar-refractivity contribution in [1.29, 1.82) is 0 Å². The van der Waals surface area contributed by atoms with Gasteiger partial charge >= 0.3 is 0 Å². The average Bonchev–Trinajstić information content (AvgIpc) is 3.28. The van der Waals surface area contributed by atoms with Crippen LogP contribution in [-0.2, 0) is 11.2 Å². The first-order chi connectivity index (χ1) is 16.2. The molecule has 5 rings (SSSR count). The van der Waals surface area contributed by atoms with Gasteiger partial charge in [-0.1, -0.05) is 84.0 Å². The van der Waals surface area contributed by atoms with Crippen LogP contribution in [0, 0.1) is 0 Å². The fourth-order valence-electron chi connectivity index (χ4n) is 4.29. The monoisotopic (exact) mass is 439 g/mol. The average molecular weight is 440 g/mol. The van der Waals surface area contributed by atoms with Gasteiger partial charge in [-0.15, -0.1) is 0 Å². The number of nitrogens with zero attached hydrogens (tertiary/aromatic N) is 3. The molecule has 4 aromatic rings. The lowest BCUT2D eigenvalue weighted by Crippen LogP contribution is -2.50. The van der Waals surface area contributed by atoms with Crippen LogP contribution in [0.15, 0.2) is 89.5 Å². The maximum absolute atomic E-state index is 13.5. The van der Waals surface area contributed by atoms with Crippen LogP contribution in [0.1, 0.15) is 40.2 Å². The van der Waals surface area contributed by atoms with Gasteiger partial charge < -0.3 is 14.2 Å². The summed E-state index contributed by atoms with van der Waals surface area (Å²) in [4.78, 5) is 19.9. The zero-order valence-electron chi connectivity index (χ0n) is 18.4. The number of para-hydroxylation sites is 1. The van der Waals surface area contributed by atoms with E-state index < -0.39 is 0 Å². The normalized spacial score (nSPS) is 13.7. The molecule has 1 fully saturated rings. The first-order valence-electron chi connectivity index (χ1n) is 11.1. The maximum atomic E-state index is 13.5. The lowest BCUT2D eigenvalue weighted by molar-refractivity contribution is -0.136. The van der Waals surface area contributed by atoms with Crippen LogP contribution in [0.2, 0.25) is 0 Å². The molecule has 2 heterocycles. The van der Waals surface area contributed by atoms with Gasteiger partial charge in [0.15, 0.2) is 5.82 Å². The van der Waals surface area contributed by atoms with E-state index in [-0.39, 0.29) is 17.7 Å². The molecule has 1 saturated heterocycles. The van der Waals surface area contributed by atoms with E-state index in [4.69, 9.17) is 9.26 Å². The topological polar surface area (TPSA) is 68.5 Å². The number of methoxy groups -OCH3 is 1. The molecule has 1 aromatic heterocycles. The standard InChI is InChI=1S/C27H25N3O3/c1-32-23-15-9-8-14-21(23)16-24-28-26(33-29-24)22-17-30(18-22)27(31)25(19-10-4-2-5-11-19)20-12-6-3-7-13-20/h2-15,22,25H,16-18H2,1H3. The summed E-state index contributed by atoms with van der Waals surface area (Å²) in [6.07, 6.45) is 0.535. The summed E-state index contributed by atoms with van der Waals surface area (Å²) in [5.41, 5.74) is 2.99. The summed E-state index contributed by atoms with van der Waals surface area (Å²) >= 11 is 0. The number of rotatable bonds is 7. The van der Waals surface area contributed by atoms with Crippen LogP contribution in [0.4, 0.5) is 0 Å². The Morgan fingerprint density at radius 2 is 1.58 bits per heavy atom. The largest absolute Gasteiger partial charge is 0.496 e. The van der Waals surface area contributed by atoms with Gasteiger partial charge in [0.1, 0.15) is 5.75 Å². The Morgan fingerprint density at radius 3 is 2.21 bits per heavy atom. The zero-order valence-corrected chi connectivity index (χ0v) is 18.4. The Labute approximate surface area is 192 Å². The van der Waals surface area contributed by atoms with Crippen LogP contribution in [0.3, 0.4) is 0 Å². The van der Waals surface area contributed by atoms with E-state index in [0.29, 0.717) is 31.2 Å². The van der Waals surface area contributed by atoms with Crippen LogP contribution in [0.5, 0.6) is 5.75 Å². The predicted octanol–water partition coefficient (Wildman–Crippen LogP) is 4.43. The molecule has 0 saturated carbocycles. The fourth-order valence-corrected chi connectivity index (χ4v) is 4.29. The van der Waals surface area contributed by atoms with Crippen LogP contribution < -0.4 is 4.74 Å². The second-order valence-electron chi connectivity index (χ2n) is 8.23. The Hall–Kier alpha value is -3.93. The molecule has 3 aromatic carbocycles. The van der Waals surface area contributed by atoms with E-state index in [1.807, 2.05) is 89.8 Å². The maximum Gasteiger partial charge on any atom is 0.234 e. The van der Waals surface area contributed by atoms with E-state index in [2.05, 4.69) is 10.1 Å². The van der Waals surface area contributed by atoms with Crippen molar-refractivity contribution in [1.82, 2.24) is 15.0 Å². The van der Waals surface area contributed by atoms with E-state index in [1.165, 1.54) is 0 Å². The molecule has 0 spiro atoms. The lowest BCUT2D eigenvalue weighted by Gasteiger charge is -2.39. The second-order valence-corrected chi connectivity index (χ2v) is 8.23. The van der Waals surface area contributed by atoms with Crippen LogP contribution in [-0.4, -0.2) is 41.1 Å². The molecule has 0 atom stereocenters. The van der Waals surface area contributed by atoms with Crippen LogP contribution in [0.25, 0.3) is 0 Å². The minimum Gasteiger partial charge on any atom is -0.496 e. The molecule has 0 N–H and O–H groups in total. The summed E-state index contributed by atoms with van der Waals surface area (Å²) in [7, 11) is 1.65. The minimum absolute atomic E-state index is 0.0556. The molecule has 6 nitrogen and oxygen atoms in total. The first-order valence-corrected chi connectivity index (χ1v) is 11.1. The Morgan fingerprint density at radius 1 is 0.970 bits per heavy atom. The number of hydrogen-bond acceptors (Lipinski definition) is 5. The molecular weight excluding hydrogens is 414 g/mol. The summed E-state index contributed by atoms with van der Waals surface area (Å²) in [5, 5.41) is 4.14. The molecule has 0 unspecified atom stereocenters. The van der Waals surface area contributed by atoms with Gasteiger partial charge in [-0.3, -0.25) is 4.79 Å². The van der Waals surface area contributed by atoms with Crippen molar-refractivity contribution >= 4 is 5.91 Å². The molecule has 166 valence electrons. The van der Waals surface area contributed by atoms with E-state index in [9.17, 15) is 4.79 Å². The number of carbonyl (C=O) groups excluding carboxylic acids is 1. The molecular formula is C27H25N3O3. The van der Waals surface area contributed by atoms with Crippen molar-refractivity contribution < 1.29 is 14.1 Å². The second kappa shape index (κ2) is 9.28. The summed E-state index contributed by atoms with van der Waals surface area (Å²) in [6.45, 7) is 1.15. The number of ether oxygens (including phenoxy) is 1. The molecule has 1 amide bonds. The number of carbonyl (C=O) groups is 1. The van der Waals surface area contributed by atoms with Crippen molar-refractivity contribution in [2.24, 2.45) is 0 Å². The lowest BCUT2D eigenvalue weighted by atomic mass is 9.88. The van der Waals surface area contributed by atoms with Crippen molar-refractivity contribution in [2.45, 2.75) is 18.3 Å². The fraction of sp³-hybridized carbons (Fsp3) is 0.222. The molecule has 1 aliphatic rings. The smallest absolute Gasteiger partial charge is 0.234 e. The number of amides is 1. The Balaban J connectivity index is 1.27. The van der Waals surface area contributed by atoms with E-state index >= 15 is 0 Å². The van der Waals surface area contributed by atoms with Crippen molar-refractivity contribution in [3.63, 3.8) is 0 Å². The Kier molecular flexibility index (Phi) is 5.89. The van der Waals surface area contributed by atoms with Crippen LogP contribution >= 0.6 is 0 Å². The molecule has 33 heavy (non-hydrogen) atoms. The highest BCUT2D eigenvalue weighted by Gasteiger charge is 2.39. The predicted molar refractivity (Wildman–Crippen MR) is 124 cm³/mol. The first kappa shape index (κ1) is 20.9. The van der Waals surface area contributed by atoms with Crippen molar-refractivity contribution in [3.05, 3.63) is 113 Å². The van der Waals surface area contributed by atoms with Gasteiger partial charge in [0.05, 0.1) is 18.9 Å². The SMILES string of the molecule is COc1ccccc1Cc1noc(C2CN(C(=O)C(c3ccccc3)c3ccccc3)C2)n1. The van der Waals surface area contributed by atoms with E-state index in [1.54, 1.807) is 7.11 Å².